The molecule has 0 aliphatic rings. The molecular formula is C24H22F3N3O2. The minimum Gasteiger partial charge on any atom is -0.350 e. The monoisotopic (exact) mass is 441 g/mol. The number of urea groups is 1. The van der Waals surface area contributed by atoms with Crippen LogP contribution in [-0.2, 0) is 6.18 Å². The highest BCUT2D eigenvalue weighted by Crippen LogP contribution is 2.31. The molecule has 0 spiro atoms. The Bertz CT molecular complexity index is 1090. The summed E-state index contributed by atoms with van der Waals surface area (Å²) >= 11 is 0. The van der Waals surface area contributed by atoms with Gasteiger partial charge in [-0.3, -0.25) is 9.69 Å². The van der Waals surface area contributed by atoms with Gasteiger partial charge in [0.15, 0.2) is 0 Å². The average molecular weight is 441 g/mol. The van der Waals surface area contributed by atoms with Gasteiger partial charge in [0.1, 0.15) is 0 Å². The molecule has 3 amide bonds. The van der Waals surface area contributed by atoms with Gasteiger partial charge in [-0.1, -0.05) is 42.5 Å². The molecule has 2 N–H and O–H groups in total. The number of anilines is 2. The summed E-state index contributed by atoms with van der Waals surface area (Å²) in [5.41, 5.74) is 0.988. The van der Waals surface area contributed by atoms with Crippen molar-refractivity contribution in [2.75, 3.05) is 23.3 Å². The molecule has 0 unspecified atom stereocenters. The molecule has 3 aromatic rings. The number of nitrogens with zero attached hydrogens (tertiary/aromatic N) is 1. The molecule has 3 aromatic carbocycles. The maximum Gasteiger partial charge on any atom is 0.416 e. The van der Waals surface area contributed by atoms with E-state index >= 15 is 0 Å². The minimum absolute atomic E-state index is 0.0302. The van der Waals surface area contributed by atoms with Crippen LogP contribution in [0.1, 0.15) is 21.5 Å². The molecule has 0 aliphatic carbocycles. The van der Waals surface area contributed by atoms with Crippen molar-refractivity contribution in [3.63, 3.8) is 0 Å². The zero-order valence-corrected chi connectivity index (χ0v) is 17.3. The van der Waals surface area contributed by atoms with Gasteiger partial charge in [0.25, 0.3) is 5.91 Å². The van der Waals surface area contributed by atoms with E-state index in [4.69, 9.17) is 0 Å². The first-order valence-electron chi connectivity index (χ1n) is 9.90. The van der Waals surface area contributed by atoms with Gasteiger partial charge >= 0.3 is 12.2 Å². The van der Waals surface area contributed by atoms with Crippen LogP contribution in [0.15, 0.2) is 78.9 Å². The summed E-state index contributed by atoms with van der Waals surface area (Å²) in [5, 5.41) is 5.39. The quantitative estimate of drug-likeness (QED) is 0.532. The molecule has 0 fully saturated rings. The van der Waals surface area contributed by atoms with E-state index in [2.05, 4.69) is 10.6 Å². The van der Waals surface area contributed by atoms with Gasteiger partial charge in [-0.25, -0.2) is 4.79 Å². The summed E-state index contributed by atoms with van der Waals surface area (Å²) < 4.78 is 39.6. The van der Waals surface area contributed by atoms with E-state index in [9.17, 15) is 22.8 Å². The first kappa shape index (κ1) is 22.9. The standard InChI is InChI=1S/C24H22F3N3O2/c1-17-8-5-6-13-21(17)22(31)28-14-15-30(23(32)29-19-10-3-2-4-11-19)20-12-7-9-18(16-20)24(25,26)27/h2-13,16H,14-15H2,1H3,(H,28,31)(H,29,32). The second-order valence-corrected chi connectivity index (χ2v) is 7.07. The second kappa shape index (κ2) is 10.00. The fourth-order valence-corrected chi connectivity index (χ4v) is 3.11. The molecule has 0 aromatic heterocycles. The Morgan fingerprint density at radius 3 is 2.28 bits per heavy atom. The number of amides is 3. The highest BCUT2D eigenvalue weighted by Gasteiger charge is 2.31. The molecular weight excluding hydrogens is 419 g/mol. The number of carbonyl (C=O) groups is 2. The molecule has 0 heterocycles. The zero-order valence-electron chi connectivity index (χ0n) is 17.3. The topological polar surface area (TPSA) is 61.4 Å². The Hall–Kier alpha value is -3.81. The smallest absolute Gasteiger partial charge is 0.350 e. The van der Waals surface area contributed by atoms with Crippen molar-refractivity contribution in [2.45, 2.75) is 13.1 Å². The van der Waals surface area contributed by atoms with Crippen molar-refractivity contribution in [3.05, 3.63) is 95.6 Å². The van der Waals surface area contributed by atoms with E-state index in [0.29, 0.717) is 11.3 Å². The second-order valence-electron chi connectivity index (χ2n) is 7.07. The number of alkyl halides is 3. The van der Waals surface area contributed by atoms with Crippen LogP contribution in [0.25, 0.3) is 0 Å². The van der Waals surface area contributed by atoms with Crippen LogP contribution >= 0.6 is 0 Å². The van der Waals surface area contributed by atoms with E-state index in [1.165, 1.54) is 17.0 Å². The molecule has 0 saturated heterocycles. The van der Waals surface area contributed by atoms with Gasteiger partial charge in [-0.15, -0.1) is 0 Å². The lowest BCUT2D eigenvalue weighted by Gasteiger charge is -2.24. The van der Waals surface area contributed by atoms with Crippen molar-refractivity contribution in [3.8, 4) is 0 Å². The first-order chi connectivity index (χ1) is 15.3. The van der Waals surface area contributed by atoms with Gasteiger partial charge < -0.3 is 10.6 Å². The largest absolute Gasteiger partial charge is 0.416 e. The molecule has 0 bridgehead atoms. The number of hydrogen-bond donors (Lipinski definition) is 2. The van der Waals surface area contributed by atoms with Crippen molar-refractivity contribution >= 4 is 23.3 Å². The maximum atomic E-state index is 13.2. The number of nitrogens with one attached hydrogen (secondary N) is 2. The van der Waals surface area contributed by atoms with Gasteiger partial charge in [0.05, 0.1) is 5.56 Å². The van der Waals surface area contributed by atoms with Crippen molar-refractivity contribution in [1.29, 1.82) is 0 Å². The van der Waals surface area contributed by atoms with Gasteiger partial charge in [0.2, 0.25) is 0 Å². The van der Waals surface area contributed by atoms with Crippen molar-refractivity contribution < 1.29 is 22.8 Å². The average Bonchev–Trinajstić information content (AvgIpc) is 2.77. The van der Waals surface area contributed by atoms with Crippen molar-refractivity contribution in [2.24, 2.45) is 0 Å². The zero-order chi connectivity index (χ0) is 23.1. The number of aryl methyl sites for hydroxylation is 1. The van der Waals surface area contributed by atoms with Gasteiger partial charge in [0, 0.05) is 30.0 Å². The molecule has 5 nitrogen and oxygen atoms in total. The van der Waals surface area contributed by atoms with Gasteiger partial charge in [-0.05, 0) is 48.9 Å². The van der Waals surface area contributed by atoms with Crippen LogP contribution in [0.3, 0.4) is 0 Å². The highest BCUT2D eigenvalue weighted by atomic mass is 19.4. The molecule has 0 saturated carbocycles. The fraction of sp³-hybridized carbons (Fsp3) is 0.167. The lowest BCUT2D eigenvalue weighted by Crippen LogP contribution is -2.41. The number of para-hydroxylation sites is 1. The molecule has 0 atom stereocenters. The van der Waals surface area contributed by atoms with E-state index in [1.54, 1.807) is 55.5 Å². The third-order valence-electron chi connectivity index (χ3n) is 4.77. The Kier molecular flexibility index (Phi) is 7.14. The molecule has 166 valence electrons. The number of carbonyl (C=O) groups excluding carboxylic acids is 2. The van der Waals surface area contributed by atoms with Crippen LogP contribution in [0.5, 0.6) is 0 Å². The molecule has 32 heavy (non-hydrogen) atoms. The van der Waals surface area contributed by atoms with Crippen LogP contribution in [0, 0.1) is 6.92 Å². The fourth-order valence-electron chi connectivity index (χ4n) is 3.11. The Labute approximate surface area is 183 Å². The number of benzene rings is 3. The summed E-state index contributed by atoms with van der Waals surface area (Å²) in [7, 11) is 0. The first-order valence-corrected chi connectivity index (χ1v) is 9.90. The van der Waals surface area contributed by atoms with E-state index < -0.39 is 17.8 Å². The normalized spacial score (nSPS) is 11.0. The third-order valence-corrected chi connectivity index (χ3v) is 4.77. The summed E-state index contributed by atoms with van der Waals surface area (Å²) in [6.45, 7) is 1.82. The van der Waals surface area contributed by atoms with E-state index in [0.717, 1.165) is 17.7 Å². The van der Waals surface area contributed by atoms with E-state index in [1.807, 2.05) is 6.07 Å². The lowest BCUT2D eigenvalue weighted by molar-refractivity contribution is -0.137. The third kappa shape index (κ3) is 5.87. The molecule has 3 rings (SSSR count). The van der Waals surface area contributed by atoms with Crippen LogP contribution in [0.4, 0.5) is 29.3 Å². The Balaban J connectivity index is 1.78. The number of hydrogen-bond acceptors (Lipinski definition) is 2. The van der Waals surface area contributed by atoms with Crippen LogP contribution in [-0.4, -0.2) is 25.0 Å². The highest BCUT2D eigenvalue weighted by molar-refractivity contribution is 6.02. The predicted octanol–water partition coefficient (Wildman–Crippen LogP) is 5.48. The summed E-state index contributed by atoms with van der Waals surface area (Å²) in [6.07, 6.45) is -4.55. The summed E-state index contributed by atoms with van der Waals surface area (Å²) in [6, 6.07) is 19.5. The maximum absolute atomic E-state index is 13.2. The summed E-state index contributed by atoms with van der Waals surface area (Å²) in [5.74, 6) is -0.324. The van der Waals surface area contributed by atoms with E-state index in [-0.39, 0.29) is 24.7 Å². The van der Waals surface area contributed by atoms with Crippen molar-refractivity contribution in [1.82, 2.24) is 5.32 Å². The molecule has 8 heteroatoms. The Morgan fingerprint density at radius 2 is 1.59 bits per heavy atom. The van der Waals surface area contributed by atoms with Crippen LogP contribution < -0.4 is 15.5 Å². The minimum atomic E-state index is -4.55. The predicted molar refractivity (Wildman–Crippen MR) is 118 cm³/mol. The lowest BCUT2D eigenvalue weighted by atomic mass is 10.1. The number of halogens is 3. The van der Waals surface area contributed by atoms with Crippen LogP contribution in [0.2, 0.25) is 0 Å². The Morgan fingerprint density at radius 1 is 0.906 bits per heavy atom. The molecule has 0 aliphatic heterocycles. The number of rotatable bonds is 6. The molecule has 0 radical (unpaired) electrons. The SMILES string of the molecule is Cc1ccccc1C(=O)NCCN(C(=O)Nc1ccccc1)c1cccc(C(F)(F)F)c1. The summed E-state index contributed by atoms with van der Waals surface area (Å²) in [4.78, 5) is 26.5. The van der Waals surface area contributed by atoms with Gasteiger partial charge in [-0.2, -0.15) is 13.2 Å².